The van der Waals surface area contributed by atoms with Gasteiger partial charge in [0.25, 0.3) is 5.91 Å². The molecule has 0 aliphatic carbocycles. The average molecular weight is 399 g/mol. The Morgan fingerprint density at radius 3 is 2.75 bits per heavy atom. The zero-order chi connectivity index (χ0) is 19.9. The SMILES string of the molecule is CCCc1cc(=O)oc2cc(OCC(=O)NN=Cc3ccc(Cl)cc3)ccc12. The molecule has 0 fully saturated rings. The van der Waals surface area contributed by atoms with Crippen LogP contribution in [0.5, 0.6) is 5.75 Å². The van der Waals surface area contributed by atoms with Crippen LogP contribution in [0.15, 0.2) is 62.8 Å². The molecule has 1 N–H and O–H groups in total. The highest BCUT2D eigenvalue weighted by molar-refractivity contribution is 6.30. The van der Waals surface area contributed by atoms with Crippen LogP contribution >= 0.6 is 11.6 Å². The van der Waals surface area contributed by atoms with Crippen molar-refractivity contribution < 1.29 is 13.9 Å². The maximum atomic E-state index is 11.9. The van der Waals surface area contributed by atoms with Crippen molar-refractivity contribution in [3.8, 4) is 5.75 Å². The summed E-state index contributed by atoms with van der Waals surface area (Å²) in [5, 5.41) is 5.36. The zero-order valence-corrected chi connectivity index (χ0v) is 16.0. The van der Waals surface area contributed by atoms with Gasteiger partial charge in [-0.15, -0.1) is 0 Å². The van der Waals surface area contributed by atoms with Crippen LogP contribution < -0.4 is 15.8 Å². The first-order chi connectivity index (χ1) is 13.5. The molecule has 1 aromatic heterocycles. The van der Waals surface area contributed by atoms with Crippen LogP contribution in [0.4, 0.5) is 0 Å². The van der Waals surface area contributed by atoms with Gasteiger partial charge in [-0.3, -0.25) is 4.79 Å². The molecule has 0 aliphatic heterocycles. The summed E-state index contributed by atoms with van der Waals surface area (Å²) in [4.78, 5) is 23.6. The molecule has 0 unspecified atom stereocenters. The van der Waals surface area contributed by atoms with E-state index >= 15 is 0 Å². The second-order valence-electron chi connectivity index (χ2n) is 6.13. The van der Waals surface area contributed by atoms with Gasteiger partial charge in [0, 0.05) is 22.5 Å². The van der Waals surface area contributed by atoms with Crippen LogP contribution in [0, 0.1) is 0 Å². The fraction of sp³-hybridized carbons (Fsp3) is 0.190. The molecule has 28 heavy (non-hydrogen) atoms. The third-order valence-electron chi connectivity index (χ3n) is 3.96. The molecule has 0 spiro atoms. The molecule has 2 aromatic carbocycles. The van der Waals surface area contributed by atoms with Crippen molar-refractivity contribution in [2.24, 2.45) is 5.10 Å². The molecule has 6 nitrogen and oxygen atoms in total. The molecule has 0 atom stereocenters. The smallest absolute Gasteiger partial charge is 0.336 e. The number of carbonyl (C=O) groups is 1. The van der Waals surface area contributed by atoms with Crippen molar-refractivity contribution in [3.63, 3.8) is 0 Å². The van der Waals surface area contributed by atoms with Gasteiger partial charge in [0.2, 0.25) is 0 Å². The topological polar surface area (TPSA) is 80.9 Å². The fourth-order valence-corrected chi connectivity index (χ4v) is 2.81. The number of amides is 1. The van der Waals surface area contributed by atoms with Gasteiger partial charge in [-0.05, 0) is 41.8 Å². The predicted molar refractivity (Wildman–Crippen MR) is 109 cm³/mol. The number of rotatable bonds is 7. The van der Waals surface area contributed by atoms with Crippen molar-refractivity contribution in [2.45, 2.75) is 19.8 Å². The molecule has 7 heteroatoms. The minimum atomic E-state index is -0.411. The van der Waals surface area contributed by atoms with E-state index in [2.05, 4.69) is 10.5 Å². The molecule has 0 aliphatic rings. The number of hydrogen-bond acceptors (Lipinski definition) is 5. The summed E-state index contributed by atoms with van der Waals surface area (Å²) in [6.45, 7) is 1.83. The average Bonchev–Trinajstić information content (AvgIpc) is 2.68. The summed E-state index contributed by atoms with van der Waals surface area (Å²) in [7, 11) is 0. The zero-order valence-electron chi connectivity index (χ0n) is 15.3. The summed E-state index contributed by atoms with van der Waals surface area (Å²) in [5.41, 5.74) is 4.17. The molecule has 144 valence electrons. The Morgan fingerprint density at radius 2 is 2.00 bits per heavy atom. The lowest BCUT2D eigenvalue weighted by Crippen LogP contribution is -2.24. The maximum Gasteiger partial charge on any atom is 0.336 e. The highest BCUT2D eigenvalue weighted by atomic mass is 35.5. The van der Waals surface area contributed by atoms with E-state index < -0.39 is 11.5 Å². The lowest BCUT2D eigenvalue weighted by Gasteiger charge is -2.08. The Hall–Kier alpha value is -3.12. The van der Waals surface area contributed by atoms with E-state index in [0.29, 0.717) is 16.4 Å². The van der Waals surface area contributed by atoms with Crippen LogP contribution in [0.3, 0.4) is 0 Å². The maximum absolute atomic E-state index is 11.9. The number of carbonyl (C=O) groups excluding carboxylic acids is 1. The van der Waals surface area contributed by atoms with E-state index in [1.807, 2.05) is 13.0 Å². The van der Waals surface area contributed by atoms with E-state index in [4.69, 9.17) is 20.8 Å². The minimum absolute atomic E-state index is 0.220. The lowest BCUT2D eigenvalue weighted by atomic mass is 10.1. The molecule has 0 bridgehead atoms. The molecule has 3 aromatic rings. The normalized spacial score (nSPS) is 11.1. The number of nitrogens with one attached hydrogen (secondary N) is 1. The second kappa shape index (κ2) is 9.19. The molecular formula is C21H19ClN2O4. The largest absolute Gasteiger partial charge is 0.484 e. The van der Waals surface area contributed by atoms with Crippen molar-refractivity contribution in [3.05, 3.63) is 75.1 Å². The van der Waals surface area contributed by atoms with Gasteiger partial charge in [0.05, 0.1) is 6.21 Å². The van der Waals surface area contributed by atoms with Gasteiger partial charge in [0.1, 0.15) is 11.3 Å². The van der Waals surface area contributed by atoms with Gasteiger partial charge < -0.3 is 9.15 Å². The van der Waals surface area contributed by atoms with Crippen molar-refractivity contribution >= 4 is 34.7 Å². The van der Waals surface area contributed by atoms with Gasteiger partial charge in [0.15, 0.2) is 6.61 Å². The molecule has 0 saturated heterocycles. The van der Waals surface area contributed by atoms with Gasteiger partial charge in [-0.25, -0.2) is 10.2 Å². The summed E-state index contributed by atoms with van der Waals surface area (Å²) in [5.74, 6) is 0.0210. The number of nitrogens with zero attached hydrogens (tertiary/aromatic N) is 1. The predicted octanol–water partition coefficient (Wildman–Crippen LogP) is 3.93. The standard InChI is InChI=1S/C21H19ClN2O4/c1-2-3-15-10-21(26)28-19-11-17(8-9-18(15)19)27-13-20(25)24-23-12-14-4-6-16(22)7-5-14/h4-12H,2-3,13H2,1H3,(H,24,25). The van der Waals surface area contributed by atoms with Gasteiger partial charge in [-0.1, -0.05) is 37.1 Å². The lowest BCUT2D eigenvalue weighted by molar-refractivity contribution is -0.123. The number of fused-ring (bicyclic) bond motifs is 1. The summed E-state index contributed by atoms with van der Waals surface area (Å²) in [6, 6.07) is 13.7. The molecule has 1 heterocycles. The molecule has 3 rings (SSSR count). The first-order valence-corrected chi connectivity index (χ1v) is 9.20. The Labute approximate surface area is 166 Å². The quantitative estimate of drug-likeness (QED) is 0.371. The van der Waals surface area contributed by atoms with Crippen LogP contribution in [0.2, 0.25) is 5.02 Å². The van der Waals surface area contributed by atoms with Gasteiger partial charge in [-0.2, -0.15) is 5.10 Å². The fourth-order valence-electron chi connectivity index (χ4n) is 2.69. The summed E-state index contributed by atoms with van der Waals surface area (Å²) >= 11 is 5.81. The first-order valence-electron chi connectivity index (χ1n) is 8.82. The van der Waals surface area contributed by atoms with Gasteiger partial charge >= 0.3 is 5.63 Å². The Kier molecular flexibility index (Phi) is 6.45. The molecular weight excluding hydrogens is 380 g/mol. The highest BCUT2D eigenvalue weighted by Gasteiger charge is 2.08. The van der Waals surface area contributed by atoms with E-state index in [0.717, 1.165) is 29.4 Å². The number of benzene rings is 2. The number of ether oxygens (including phenoxy) is 1. The van der Waals surface area contributed by atoms with Crippen molar-refractivity contribution in [1.29, 1.82) is 0 Å². The highest BCUT2D eigenvalue weighted by Crippen LogP contribution is 2.23. The second-order valence-corrected chi connectivity index (χ2v) is 6.57. The Balaban J connectivity index is 1.60. The first kappa shape index (κ1) is 19.6. The van der Waals surface area contributed by atoms with E-state index in [-0.39, 0.29) is 6.61 Å². The summed E-state index contributed by atoms with van der Waals surface area (Å²) < 4.78 is 10.7. The van der Waals surface area contributed by atoms with Crippen LogP contribution in [0.1, 0.15) is 24.5 Å². The number of halogens is 1. The Morgan fingerprint density at radius 1 is 1.21 bits per heavy atom. The molecule has 1 amide bonds. The number of hydrogen-bond donors (Lipinski definition) is 1. The van der Waals surface area contributed by atoms with E-state index in [1.54, 1.807) is 36.4 Å². The molecule has 0 saturated carbocycles. The van der Waals surface area contributed by atoms with Crippen LogP contribution in [-0.4, -0.2) is 18.7 Å². The number of hydrazone groups is 1. The third-order valence-corrected chi connectivity index (χ3v) is 4.22. The third kappa shape index (κ3) is 5.20. The summed E-state index contributed by atoms with van der Waals surface area (Å²) in [6.07, 6.45) is 3.22. The Bertz CT molecular complexity index is 1060. The van der Waals surface area contributed by atoms with Crippen molar-refractivity contribution in [2.75, 3.05) is 6.61 Å². The molecule has 0 radical (unpaired) electrons. The van der Waals surface area contributed by atoms with Crippen LogP contribution in [-0.2, 0) is 11.2 Å². The van der Waals surface area contributed by atoms with Crippen LogP contribution in [0.25, 0.3) is 11.0 Å². The van der Waals surface area contributed by atoms with Crippen molar-refractivity contribution in [1.82, 2.24) is 5.43 Å². The number of aryl methyl sites for hydroxylation is 1. The van der Waals surface area contributed by atoms with E-state index in [9.17, 15) is 9.59 Å². The monoisotopic (exact) mass is 398 g/mol. The minimum Gasteiger partial charge on any atom is -0.484 e. The van der Waals surface area contributed by atoms with E-state index in [1.165, 1.54) is 12.3 Å².